The Bertz CT molecular complexity index is 353. The third-order valence-electron chi connectivity index (χ3n) is 4.79. The van der Waals surface area contributed by atoms with Gasteiger partial charge in [-0.15, -0.1) is 0 Å². The average Bonchev–Trinajstić information content (AvgIpc) is 2.98. The Labute approximate surface area is 127 Å². The minimum atomic E-state index is -0.00809. The van der Waals surface area contributed by atoms with E-state index < -0.39 is 0 Å². The Morgan fingerprint density at radius 2 is 1.81 bits per heavy atom. The van der Waals surface area contributed by atoms with Crippen LogP contribution in [-0.2, 0) is 9.59 Å². The van der Waals surface area contributed by atoms with E-state index in [4.69, 9.17) is 5.73 Å². The lowest BCUT2D eigenvalue weighted by Crippen LogP contribution is -2.49. The highest BCUT2D eigenvalue weighted by atomic mass is 16.2. The maximum atomic E-state index is 12.5. The number of nitrogens with two attached hydrogens (primary N) is 1. The first kappa shape index (κ1) is 16.3. The quantitative estimate of drug-likeness (QED) is 0.778. The highest BCUT2D eigenvalue weighted by molar-refractivity contribution is 5.78. The summed E-state index contributed by atoms with van der Waals surface area (Å²) < 4.78 is 0. The normalized spacial score (nSPS) is 23.3. The lowest BCUT2D eigenvalue weighted by atomic mass is 9.98. The molecule has 5 heteroatoms. The van der Waals surface area contributed by atoms with Crippen LogP contribution in [0, 0.1) is 5.92 Å². The van der Waals surface area contributed by atoms with E-state index in [1.165, 1.54) is 25.7 Å². The smallest absolute Gasteiger partial charge is 0.223 e. The van der Waals surface area contributed by atoms with E-state index in [9.17, 15) is 9.59 Å². The average molecular weight is 295 g/mol. The summed E-state index contributed by atoms with van der Waals surface area (Å²) in [4.78, 5) is 26.1. The van der Waals surface area contributed by atoms with Gasteiger partial charge in [-0.2, -0.15) is 0 Å². The van der Waals surface area contributed by atoms with Crippen LogP contribution in [-0.4, -0.2) is 42.4 Å². The maximum absolute atomic E-state index is 12.5. The fraction of sp³-hybridized carbons (Fsp3) is 0.875. The summed E-state index contributed by atoms with van der Waals surface area (Å²) in [5.41, 5.74) is 5.38. The Morgan fingerprint density at radius 1 is 1.10 bits per heavy atom. The monoisotopic (exact) mass is 295 g/mol. The van der Waals surface area contributed by atoms with Crippen molar-refractivity contribution >= 4 is 11.8 Å². The number of nitrogens with one attached hydrogen (secondary N) is 1. The molecule has 0 aromatic carbocycles. The number of nitrogens with zero attached hydrogens (tertiary/aromatic N) is 1. The topological polar surface area (TPSA) is 75.4 Å². The molecule has 2 amide bonds. The molecule has 5 nitrogen and oxygen atoms in total. The van der Waals surface area contributed by atoms with Gasteiger partial charge in [0.15, 0.2) is 0 Å². The molecule has 0 aromatic heterocycles. The molecule has 1 saturated carbocycles. The summed E-state index contributed by atoms with van der Waals surface area (Å²) in [5.74, 6) is 0.873. The van der Waals surface area contributed by atoms with Crippen molar-refractivity contribution in [2.24, 2.45) is 11.7 Å². The zero-order valence-electron chi connectivity index (χ0n) is 13.0. The Balaban J connectivity index is 1.82. The number of carbonyl (C=O) groups excluding carboxylic acids is 2. The molecule has 1 heterocycles. The van der Waals surface area contributed by atoms with E-state index in [1.54, 1.807) is 0 Å². The number of hydrogen-bond donors (Lipinski definition) is 2. The number of piperidine rings is 1. The lowest BCUT2D eigenvalue weighted by Gasteiger charge is -2.36. The molecule has 1 atom stereocenters. The molecule has 2 fully saturated rings. The van der Waals surface area contributed by atoms with E-state index in [-0.39, 0.29) is 11.9 Å². The largest absolute Gasteiger partial charge is 0.354 e. The Hall–Kier alpha value is -1.10. The predicted molar refractivity (Wildman–Crippen MR) is 82.6 cm³/mol. The Morgan fingerprint density at radius 3 is 2.52 bits per heavy atom. The van der Waals surface area contributed by atoms with Crippen molar-refractivity contribution in [2.45, 2.75) is 63.8 Å². The molecule has 1 saturated heterocycles. The third kappa shape index (κ3) is 4.99. The summed E-state index contributed by atoms with van der Waals surface area (Å²) in [6, 6.07) is 0.175. The van der Waals surface area contributed by atoms with Crippen LogP contribution in [0.25, 0.3) is 0 Å². The fourth-order valence-corrected chi connectivity index (χ4v) is 3.57. The zero-order chi connectivity index (χ0) is 15.1. The van der Waals surface area contributed by atoms with Crippen LogP contribution >= 0.6 is 0 Å². The van der Waals surface area contributed by atoms with Gasteiger partial charge in [-0.3, -0.25) is 9.59 Å². The minimum absolute atomic E-state index is 0.00809. The Kier molecular flexibility index (Phi) is 6.49. The van der Waals surface area contributed by atoms with Crippen molar-refractivity contribution < 1.29 is 9.59 Å². The van der Waals surface area contributed by atoms with Gasteiger partial charge >= 0.3 is 0 Å². The van der Waals surface area contributed by atoms with Crippen molar-refractivity contribution in [1.29, 1.82) is 0 Å². The van der Waals surface area contributed by atoms with Gasteiger partial charge in [0.1, 0.15) is 0 Å². The van der Waals surface area contributed by atoms with E-state index >= 15 is 0 Å². The van der Waals surface area contributed by atoms with Gasteiger partial charge < -0.3 is 16.0 Å². The number of hydrogen-bond acceptors (Lipinski definition) is 3. The SMILES string of the molecule is NCCC(=O)NCC1CCCCN1C(=O)CC1CCCC1. The molecule has 0 spiro atoms. The molecule has 2 aliphatic rings. The van der Waals surface area contributed by atoms with Crippen molar-refractivity contribution in [3.8, 4) is 0 Å². The molecule has 1 aliphatic heterocycles. The molecular formula is C16H29N3O2. The first-order chi connectivity index (χ1) is 10.2. The molecule has 0 aromatic rings. The van der Waals surface area contributed by atoms with Crippen LogP contribution in [0.15, 0.2) is 0 Å². The lowest BCUT2D eigenvalue weighted by molar-refractivity contribution is -0.136. The number of likely N-dealkylation sites (tertiary alicyclic amines) is 1. The summed E-state index contributed by atoms with van der Waals surface area (Å²) >= 11 is 0. The van der Waals surface area contributed by atoms with Gasteiger partial charge in [0.05, 0.1) is 0 Å². The minimum Gasteiger partial charge on any atom is -0.354 e. The summed E-state index contributed by atoms with van der Waals surface area (Å²) in [6.45, 7) is 1.80. The highest BCUT2D eigenvalue weighted by Gasteiger charge is 2.29. The van der Waals surface area contributed by atoms with Crippen molar-refractivity contribution in [1.82, 2.24) is 10.2 Å². The number of carbonyl (C=O) groups is 2. The van der Waals surface area contributed by atoms with Crippen LogP contribution < -0.4 is 11.1 Å². The van der Waals surface area contributed by atoms with Gasteiger partial charge in [-0.1, -0.05) is 12.8 Å². The predicted octanol–water partition coefficient (Wildman–Crippen LogP) is 1.41. The summed E-state index contributed by atoms with van der Waals surface area (Å²) in [6.07, 6.45) is 9.26. The molecule has 1 unspecified atom stereocenters. The van der Waals surface area contributed by atoms with Crippen LogP contribution in [0.2, 0.25) is 0 Å². The molecule has 0 bridgehead atoms. The second-order valence-electron chi connectivity index (χ2n) is 6.43. The van der Waals surface area contributed by atoms with Crippen molar-refractivity contribution in [2.75, 3.05) is 19.6 Å². The zero-order valence-corrected chi connectivity index (χ0v) is 13.0. The van der Waals surface area contributed by atoms with Crippen LogP contribution in [0.4, 0.5) is 0 Å². The van der Waals surface area contributed by atoms with Gasteiger partial charge in [0.25, 0.3) is 0 Å². The number of rotatable bonds is 6. The summed E-state index contributed by atoms with van der Waals surface area (Å²) in [5, 5.41) is 2.92. The van der Waals surface area contributed by atoms with E-state index in [0.717, 1.165) is 25.8 Å². The highest BCUT2D eigenvalue weighted by Crippen LogP contribution is 2.29. The molecule has 1 aliphatic carbocycles. The molecular weight excluding hydrogens is 266 g/mol. The van der Waals surface area contributed by atoms with Crippen molar-refractivity contribution in [3.05, 3.63) is 0 Å². The van der Waals surface area contributed by atoms with E-state index in [1.807, 2.05) is 4.90 Å². The van der Waals surface area contributed by atoms with Crippen LogP contribution in [0.1, 0.15) is 57.8 Å². The van der Waals surface area contributed by atoms with Gasteiger partial charge in [-0.25, -0.2) is 0 Å². The third-order valence-corrected chi connectivity index (χ3v) is 4.79. The van der Waals surface area contributed by atoms with Crippen LogP contribution in [0.5, 0.6) is 0 Å². The molecule has 3 N–H and O–H groups in total. The summed E-state index contributed by atoms with van der Waals surface area (Å²) in [7, 11) is 0. The second kappa shape index (κ2) is 8.37. The molecule has 21 heavy (non-hydrogen) atoms. The van der Waals surface area contributed by atoms with Crippen molar-refractivity contribution in [3.63, 3.8) is 0 Å². The maximum Gasteiger partial charge on any atom is 0.223 e. The van der Waals surface area contributed by atoms with E-state index in [2.05, 4.69) is 5.32 Å². The van der Waals surface area contributed by atoms with E-state index in [0.29, 0.717) is 37.8 Å². The molecule has 120 valence electrons. The van der Waals surface area contributed by atoms with Gasteiger partial charge in [0.2, 0.25) is 11.8 Å². The first-order valence-corrected chi connectivity index (χ1v) is 8.47. The second-order valence-corrected chi connectivity index (χ2v) is 6.43. The molecule has 0 radical (unpaired) electrons. The first-order valence-electron chi connectivity index (χ1n) is 8.47. The molecule has 2 rings (SSSR count). The van der Waals surface area contributed by atoms with Gasteiger partial charge in [0, 0.05) is 38.5 Å². The fourth-order valence-electron chi connectivity index (χ4n) is 3.57. The van der Waals surface area contributed by atoms with Crippen LogP contribution in [0.3, 0.4) is 0 Å². The van der Waals surface area contributed by atoms with Gasteiger partial charge in [-0.05, 0) is 38.0 Å². The standard InChI is InChI=1S/C16H29N3O2/c17-9-8-15(20)18-12-14-7-3-4-10-19(14)16(21)11-13-5-1-2-6-13/h13-14H,1-12,17H2,(H,18,20). The number of amides is 2.